The Morgan fingerprint density at radius 3 is 2.47 bits per heavy atom. The Morgan fingerprint density at radius 2 is 1.93 bits per heavy atom. The van der Waals surface area contributed by atoms with Gasteiger partial charge < -0.3 is 10.4 Å². The first-order chi connectivity index (χ1) is 7.02. The zero-order chi connectivity index (χ0) is 11.4. The lowest BCUT2D eigenvalue weighted by atomic mass is 10.1. The van der Waals surface area contributed by atoms with Crippen molar-refractivity contribution in [1.82, 2.24) is 5.32 Å². The number of aliphatic carboxylic acids is 1. The molecule has 1 rings (SSSR count). The van der Waals surface area contributed by atoms with E-state index in [9.17, 15) is 9.59 Å². The predicted molar refractivity (Wildman–Crippen MR) is 55.7 cm³/mol. The van der Waals surface area contributed by atoms with E-state index >= 15 is 0 Å². The maximum Gasteiger partial charge on any atom is 0.325 e. The lowest BCUT2D eigenvalue weighted by Gasteiger charge is -2.10. The van der Waals surface area contributed by atoms with Crippen LogP contribution in [0.15, 0.2) is 24.3 Å². The Balaban J connectivity index is 2.78. The van der Waals surface area contributed by atoms with E-state index in [-0.39, 0.29) is 5.91 Å². The average molecular weight is 207 g/mol. The summed E-state index contributed by atoms with van der Waals surface area (Å²) in [6.07, 6.45) is 0. The molecule has 80 valence electrons. The van der Waals surface area contributed by atoms with E-state index in [0.29, 0.717) is 5.56 Å². The number of hydrogen-bond donors (Lipinski definition) is 2. The Bertz CT molecular complexity index is 387. The van der Waals surface area contributed by atoms with Gasteiger partial charge in [-0.25, -0.2) is 0 Å². The number of aryl methyl sites for hydroxylation is 1. The Labute approximate surface area is 87.9 Å². The maximum atomic E-state index is 11.6. The monoisotopic (exact) mass is 207 g/mol. The fourth-order valence-electron chi connectivity index (χ4n) is 1.16. The molecule has 1 aromatic rings. The van der Waals surface area contributed by atoms with Gasteiger partial charge in [0, 0.05) is 5.56 Å². The summed E-state index contributed by atoms with van der Waals surface area (Å²) in [7, 11) is 0. The van der Waals surface area contributed by atoms with Crippen LogP contribution in [0.4, 0.5) is 0 Å². The van der Waals surface area contributed by atoms with Crippen LogP contribution in [0.25, 0.3) is 0 Å². The number of carboxylic acid groups (broad SMARTS) is 1. The molecule has 0 saturated carbocycles. The number of amides is 1. The zero-order valence-corrected chi connectivity index (χ0v) is 8.65. The quantitative estimate of drug-likeness (QED) is 0.782. The van der Waals surface area contributed by atoms with E-state index in [4.69, 9.17) is 5.11 Å². The van der Waals surface area contributed by atoms with Crippen LogP contribution >= 0.6 is 0 Å². The second kappa shape index (κ2) is 4.59. The fourth-order valence-corrected chi connectivity index (χ4v) is 1.16. The van der Waals surface area contributed by atoms with E-state index in [2.05, 4.69) is 5.32 Å². The van der Waals surface area contributed by atoms with Crippen molar-refractivity contribution < 1.29 is 14.7 Å². The molecular formula is C11H13NO3. The molecule has 0 aliphatic carbocycles. The van der Waals surface area contributed by atoms with Crippen molar-refractivity contribution in [2.45, 2.75) is 19.9 Å². The number of benzene rings is 1. The summed E-state index contributed by atoms with van der Waals surface area (Å²) in [4.78, 5) is 22.1. The summed E-state index contributed by atoms with van der Waals surface area (Å²) in [5, 5.41) is 11.0. The summed E-state index contributed by atoms with van der Waals surface area (Å²) in [5.41, 5.74) is 1.33. The van der Waals surface area contributed by atoms with Gasteiger partial charge in [0.15, 0.2) is 0 Å². The molecule has 15 heavy (non-hydrogen) atoms. The highest BCUT2D eigenvalue weighted by Gasteiger charge is 2.15. The van der Waals surface area contributed by atoms with Gasteiger partial charge in [0.2, 0.25) is 0 Å². The van der Waals surface area contributed by atoms with E-state index in [1.54, 1.807) is 25.1 Å². The number of nitrogens with one attached hydrogen (secondary N) is 1. The summed E-state index contributed by atoms with van der Waals surface area (Å²) in [6.45, 7) is 3.23. The minimum Gasteiger partial charge on any atom is -0.480 e. The fraction of sp³-hybridized carbons (Fsp3) is 0.273. The molecule has 2 N–H and O–H groups in total. The minimum atomic E-state index is -1.04. The van der Waals surface area contributed by atoms with Crippen molar-refractivity contribution in [2.75, 3.05) is 0 Å². The van der Waals surface area contributed by atoms with Gasteiger partial charge in [0.25, 0.3) is 5.91 Å². The number of carbonyl (C=O) groups excluding carboxylic acids is 1. The van der Waals surface area contributed by atoms with Gasteiger partial charge in [-0.15, -0.1) is 0 Å². The third-order valence-corrected chi connectivity index (χ3v) is 2.11. The Morgan fingerprint density at radius 1 is 1.33 bits per heavy atom. The molecular weight excluding hydrogens is 194 g/mol. The first kappa shape index (κ1) is 11.2. The highest BCUT2D eigenvalue weighted by atomic mass is 16.4. The minimum absolute atomic E-state index is 0.358. The predicted octanol–water partition coefficient (Wildman–Crippen LogP) is 1.20. The molecule has 1 amide bonds. The van der Waals surface area contributed by atoms with Crippen LogP contribution in [-0.4, -0.2) is 23.0 Å². The van der Waals surface area contributed by atoms with E-state index in [1.807, 2.05) is 6.07 Å². The largest absolute Gasteiger partial charge is 0.480 e. The van der Waals surface area contributed by atoms with Crippen molar-refractivity contribution in [1.29, 1.82) is 0 Å². The van der Waals surface area contributed by atoms with Crippen LogP contribution in [0.1, 0.15) is 22.8 Å². The highest BCUT2D eigenvalue weighted by Crippen LogP contribution is 2.06. The summed E-state index contributed by atoms with van der Waals surface area (Å²) >= 11 is 0. The van der Waals surface area contributed by atoms with Crippen LogP contribution in [0, 0.1) is 6.92 Å². The standard InChI is InChI=1S/C11H13NO3/c1-7-5-3-4-6-9(7)10(13)12-8(2)11(14)15/h3-6,8H,1-2H3,(H,12,13)(H,14,15)/t8-/m0/s1. The molecule has 4 heteroatoms. The topological polar surface area (TPSA) is 66.4 Å². The van der Waals surface area contributed by atoms with Crippen LogP contribution < -0.4 is 5.32 Å². The smallest absolute Gasteiger partial charge is 0.325 e. The van der Waals surface area contributed by atoms with Crippen LogP contribution in [0.5, 0.6) is 0 Å². The van der Waals surface area contributed by atoms with Gasteiger partial charge in [-0.3, -0.25) is 9.59 Å². The maximum absolute atomic E-state index is 11.6. The van der Waals surface area contributed by atoms with E-state index < -0.39 is 12.0 Å². The molecule has 0 aromatic heterocycles. The lowest BCUT2D eigenvalue weighted by Crippen LogP contribution is -2.38. The summed E-state index contributed by atoms with van der Waals surface area (Å²) < 4.78 is 0. The average Bonchev–Trinajstić information content (AvgIpc) is 2.18. The van der Waals surface area contributed by atoms with Crippen LogP contribution in [-0.2, 0) is 4.79 Å². The number of carbonyl (C=O) groups is 2. The zero-order valence-electron chi connectivity index (χ0n) is 8.65. The molecule has 0 bridgehead atoms. The molecule has 4 nitrogen and oxygen atoms in total. The van der Waals surface area contributed by atoms with Crippen LogP contribution in [0.3, 0.4) is 0 Å². The van der Waals surface area contributed by atoms with E-state index in [0.717, 1.165) is 5.56 Å². The van der Waals surface area contributed by atoms with Crippen molar-refractivity contribution in [3.63, 3.8) is 0 Å². The summed E-state index contributed by atoms with van der Waals surface area (Å²) in [5.74, 6) is -1.40. The molecule has 0 radical (unpaired) electrons. The molecule has 0 aliphatic heterocycles. The summed E-state index contributed by atoms with van der Waals surface area (Å²) in [6, 6.07) is 6.16. The van der Waals surface area contributed by atoms with Gasteiger partial charge in [0.1, 0.15) is 6.04 Å². The van der Waals surface area contributed by atoms with Gasteiger partial charge in [-0.05, 0) is 25.5 Å². The van der Waals surface area contributed by atoms with Crippen molar-refractivity contribution >= 4 is 11.9 Å². The van der Waals surface area contributed by atoms with Crippen LogP contribution in [0.2, 0.25) is 0 Å². The normalized spacial score (nSPS) is 11.9. The molecule has 0 heterocycles. The molecule has 0 saturated heterocycles. The number of carboxylic acids is 1. The number of hydrogen-bond acceptors (Lipinski definition) is 2. The van der Waals surface area contributed by atoms with Gasteiger partial charge in [-0.1, -0.05) is 18.2 Å². The Hall–Kier alpha value is -1.84. The van der Waals surface area contributed by atoms with Crippen molar-refractivity contribution in [3.05, 3.63) is 35.4 Å². The molecule has 1 aromatic carbocycles. The lowest BCUT2D eigenvalue weighted by molar-refractivity contribution is -0.138. The molecule has 0 aliphatic rings. The molecule has 0 fully saturated rings. The SMILES string of the molecule is Cc1ccccc1C(=O)N[C@@H](C)C(=O)O. The van der Waals surface area contributed by atoms with E-state index in [1.165, 1.54) is 6.92 Å². The Kier molecular flexibility index (Phi) is 3.44. The first-order valence-electron chi connectivity index (χ1n) is 4.61. The highest BCUT2D eigenvalue weighted by molar-refractivity contribution is 5.97. The molecule has 0 spiro atoms. The third-order valence-electron chi connectivity index (χ3n) is 2.11. The van der Waals surface area contributed by atoms with Gasteiger partial charge in [-0.2, -0.15) is 0 Å². The van der Waals surface area contributed by atoms with Crippen molar-refractivity contribution in [2.24, 2.45) is 0 Å². The van der Waals surface area contributed by atoms with Gasteiger partial charge in [0.05, 0.1) is 0 Å². The van der Waals surface area contributed by atoms with Gasteiger partial charge >= 0.3 is 5.97 Å². The first-order valence-corrected chi connectivity index (χ1v) is 4.61. The molecule has 1 atom stereocenters. The second-order valence-electron chi connectivity index (χ2n) is 3.35. The second-order valence-corrected chi connectivity index (χ2v) is 3.35. The van der Waals surface area contributed by atoms with Crippen molar-refractivity contribution in [3.8, 4) is 0 Å². The molecule has 0 unspecified atom stereocenters. The number of rotatable bonds is 3. The third kappa shape index (κ3) is 2.80.